The molecule has 2 aliphatic heterocycles. The molecular weight excluding hydrogens is 250 g/mol. The lowest BCUT2D eigenvalue weighted by Crippen LogP contribution is -2.63. The minimum Gasteiger partial charge on any atom is -0.340 e. The number of piperidine rings is 1. The van der Waals surface area contributed by atoms with Crippen LogP contribution in [0.2, 0.25) is 0 Å². The molecule has 2 saturated heterocycles. The summed E-state index contributed by atoms with van der Waals surface area (Å²) < 4.78 is 0. The van der Waals surface area contributed by atoms with Crippen molar-refractivity contribution in [2.24, 2.45) is 11.3 Å². The Morgan fingerprint density at radius 2 is 1.95 bits per heavy atom. The first-order valence-electron chi connectivity index (χ1n) is 8.25. The van der Waals surface area contributed by atoms with Gasteiger partial charge in [0.2, 0.25) is 5.91 Å². The predicted molar refractivity (Wildman–Crippen MR) is 84.8 cm³/mol. The Bertz CT molecular complexity index is 319. The molecule has 0 bridgehead atoms. The van der Waals surface area contributed by atoms with E-state index in [9.17, 15) is 4.79 Å². The highest BCUT2D eigenvalue weighted by Gasteiger charge is 2.46. The third kappa shape index (κ3) is 3.95. The van der Waals surface area contributed by atoms with E-state index in [1.165, 1.54) is 38.9 Å². The maximum Gasteiger partial charge on any atom is 0.236 e. The van der Waals surface area contributed by atoms with Gasteiger partial charge in [-0.15, -0.1) is 0 Å². The van der Waals surface area contributed by atoms with Crippen molar-refractivity contribution in [2.75, 3.05) is 45.8 Å². The Hall–Kier alpha value is -0.610. The number of carbonyl (C=O) groups is 1. The van der Waals surface area contributed by atoms with Gasteiger partial charge in [-0.25, -0.2) is 0 Å². The van der Waals surface area contributed by atoms with E-state index in [4.69, 9.17) is 0 Å². The van der Waals surface area contributed by atoms with Crippen LogP contribution >= 0.6 is 0 Å². The molecule has 2 fully saturated rings. The van der Waals surface area contributed by atoms with Crippen molar-refractivity contribution in [3.63, 3.8) is 0 Å². The topological polar surface area (TPSA) is 35.6 Å². The van der Waals surface area contributed by atoms with Crippen LogP contribution in [-0.2, 0) is 4.79 Å². The van der Waals surface area contributed by atoms with E-state index in [2.05, 4.69) is 24.1 Å². The third-order valence-electron chi connectivity index (χ3n) is 4.87. The number of likely N-dealkylation sites (tertiary alicyclic amines) is 2. The minimum absolute atomic E-state index is 0. The minimum atomic E-state index is 0. The van der Waals surface area contributed by atoms with Crippen LogP contribution in [0.1, 0.15) is 41.5 Å². The van der Waals surface area contributed by atoms with Crippen LogP contribution in [0.3, 0.4) is 0 Å². The zero-order valence-electron chi connectivity index (χ0n) is 13.5. The van der Waals surface area contributed by atoms with Gasteiger partial charge in [0.05, 0.1) is 6.54 Å². The summed E-state index contributed by atoms with van der Waals surface area (Å²) in [6.45, 7) is 13.7. The molecule has 0 radical (unpaired) electrons. The molecule has 118 valence electrons. The van der Waals surface area contributed by atoms with Crippen molar-refractivity contribution in [1.82, 2.24) is 15.1 Å². The zero-order chi connectivity index (χ0) is 14.6. The number of nitrogens with one attached hydrogen (secondary N) is 1. The second kappa shape index (κ2) is 6.90. The molecule has 0 aromatic heterocycles. The number of rotatable bonds is 6. The van der Waals surface area contributed by atoms with Crippen LogP contribution in [0.15, 0.2) is 0 Å². The normalized spacial score (nSPS) is 22.3. The maximum absolute atomic E-state index is 11.9. The van der Waals surface area contributed by atoms with Gasteiger partial charge in [0.15, 0.2) is 0 Å². The fourth-order valence-electron chi connectivity index (χ4n) is 3.29. The summed E-state index contributed by atoms with van der Waals surface area (Å²) in [7, 11) is 0. The number of carbonyl (C=O) groups excluding carboxylic acids is 1. The average Bonchev–Trinajstić information content (AvgIpc) is 2.40. The molecule has 4 heteroatoms. The van der Waals surface area contributed by atoms with Crippen molar-refractivity contribution in [3.8, 4) is 0 Å². The van der Waals surface area contributed by atoms with Crippen molar-refractivity contribution in [3.05, 3.63) is 0 Å². The first-order chi connectivity index (χ1) is 9.54. The molecular formula is C16H33N3O. The monoisotopic (exact) mass is 283 g/mol. The van der Waals surface area contributed by atoms with E-state index in [-0.39, 0.29) is 7.33 Å². The van der Waals surface area contributed by atoms with Crippen molar-refractivity contribution < 1.29 is 6.22 Å². The fourth-order valence-corrected chi connectivity index (χ4v) is 3.29. The van der Waals surface area contributed by atoms with Crippen LogP contribution in [0.4, 0.5) is 0 Å². The largest absolute Gasteiger partial charge is 0.340 e. The molecule has 2 rings (SSSR count). The van der Waals surface area contributed by atoms with Gasteiger partial charge in [0, 0.05) is 19.9 Å². The van der Waals surface area contributed by atoms with Crippen LogP contribution in [0, 0.1) is 11.3 Å². The van der Waals surface area contributed by atoms with E-state index >= 15 is 0 Å². The Morgan fingerprint density at radius 3 is 2.50 bits per heavy atom. The summed E-state index contributed by atoms with van der Waals surface area (Å²) in [5.74, 6) is 1.08. The average molecular weight is 283 g/mol. The lowest BCUT2D eigenvalue weighted by Gasteiger charge is -2.54. The van der Waals surface area contributed by atoms with Crippen LogP contribution < -0.4 is 5.32 Å². The summed E-state index contributed by atoms with van der Waals surface area (Å²) in [5, 5.41) is 3.12. The van der Waals surface area contributed by atoms with Crippen molar-refractivity contribution >= 4 is 5.91 Å². The molecule has 0 unspecified atom stereocenters. The lowest BCUT2D eigenvalue weighted by atomic mass is 9.72. The SMILES string of the molecule is CCNCC(=O)N1CC2(CCN(CCC(C)C)CC2)C1.[HH]. The number of nitrogens with zero attached hydrogens (tertiary/aromatic N) is 2. The molecule has 0 aromatic carbocycles. The Kier molecular flexibility index (Phi) is 5.44. The van der Waals surface area contributed by atoms with Gasteiger partial charge in [-0.1, -0.05) is 20.8 Å². The molecule has 2 aliphatic rings. The quantitative estimate of drug-likeness (QED) is 0.807. The summed E-state index contributed by atoms with van der Waals surface area (Å²) in [6.07, 6.45) is 3.85. The van der Waals surface area contributed by atoms with Gasteiger partial charge in [-0.05, 0) is 51.4 Å². The van der Waals surface area contributed by atoms with Gasteiger partial charge in [0.25, 0.3) is 0 Å². The van der Waals surface area contributed by atoms with Gasteiger partial charge >= 0.3 is 0 Å². The highest BCUT2D eigenvalue weighted by atomic mass is 16.2. The number of likely N-dealkylation sites (N-methyl/N-ethyl adjacent to an activating group) is 1. The van der Waals surface area contributed by atoms with Gasteiger partial charge in [0.1, 0.15) is 0 Å². The highest BCUT2D eigenvalue weighted by Crippen LogP contribution is 2.40. The summed E-state index contributed by atoms with van der Waals surface area (Å²) in [5.41, 5.74) is 0.455. The first kappa shape index (κ1) is 15.8. The molecule has 0 saturated carbocycles. The third-order valence-corrected chi connectivity index (χ3v) is 4.87. The van der Waals surface area contributed by atoms with Crippen molar-refractivity contribution in [2.45, 2.75) is 40.0 Å². The molecule has 0 aliphatic carbocycles. The summed E-state index contributed by atoms with van der Waals surface area (Å²) in [4.78, 5) is 16.5. The molecule has 20 heavy (non-hydrogen) atoms. The van der Waals surface area contributed by atoms with Crippen LogP contribution in [0.5, 0.6) is 0 Å². The smallest absolute Gasteiger partial charge is 0.236 e. The highest BCUT2D eigenvalue weighted by molar-refractivity contribution is 5.79. The zero-order valence-corrected chi connectivity index (χ0v) is 13.5. The molecule has 2 heterocycles. The van der Waals surface area contributed by atoms with Crippen LogP contribution in [-0.4, -0.2) is 61.5 Å². The number of hydrogen-bond acceptors (Lipinski definition) is 3. The van der Waals surface area contributed by atoms with E-state index in [1.54, 1.807) is 0 Å². The maximum atomic E-state index is 11.9. The number of amides is 1. The Balaban J connectivity index is 0.00000220. The van der Waals surface area contributed by atoms with E-state index in [1.807, 2.05) is 11.8 Å². The second-order valence-electron chi connectivity index (χ2n) is 7.05. The van der Waals surface area contributed by atoms with E-state index in [0.29, 0.717) is 12.0 Å². The standard InChI is InChI=1S/C16H31N3O.H2/c1-4-17-11-15(20)19-12-16(13-19)6-9-18(10-7-16)8-5-14(2)3;/h14,17H,4-13H2,1-3H3;1H. The lowest BCUT2D eigenvalue weighted by molar-refractivity contribution is -0.145. The first-order valence-corrected chi connectivity index (χ1v) is 8.25. The van der Waals surface area contributed by atoms with Gasteiger partial charge < -0.3 is 15.1 Å². The molecule has 1 spiro atoms. The van der Waals surface area contributed by atoms with E-state index in [0.717, 1.165) is 25.6 Å². The van der Waals surface area contributed by atoms with Crippen molar-refractivity contribution in [1.29, 1.82) is 0 Å². The fraction of sp³-hybridized carbons (Fsp3) is 0.938. The molecule has 0 atom stereocenters. The Labute approximate surface area is 125 Å². The molecule has 0 aromatic rings. The van der Waals surface area contributed by atoms with Gasteiger partial charge in [-0.3, -0.25) is 4.79 Å². The summed E-state index contributed by atoms with van der Waals surface area (Å²) >= 11 is 0. The predicted octanol–water partition coefficient (Wildman–Crippen LogP) is 1.81. The van der Waals surface area contributed by atoms with Gasteiger partial charge in [-0.2, -0.15) is 0 Å². The number of hydrogen-bond donors (Lipinski definition) is 1. The second-order valence-corrected chi connectivity index (χ2v) is 7.05. The van der Waals surface area contributed by atoms with Crippen LogP contribution in [0.25, 0.3) is 0 Å². The molecule has 4 nitrogen and oxygen atoms in total. The van der Waals surface area contributed by atoms with E-state index < -0.39 is 0 Å². The Morgan fingerprint density at radius 1 is 1.30 bits per heavy atom. The summed E-state index contributed by atoms with van der Waals surface area (Å²) in [6, 6.07) is 0. The molecule has 1 N–H and O–H groups in total. The molecule has 1 amide bonds.